The first-order chi connectivity index (χ1) is 11.9. The van der Waals surface area contributed by atoms with Crippen molar-refractivity contribution in [1.29, 1.82) is 0 Å². The zero-order chi connectivity index (χ0) is 18.2. The normalized spacial score (nSPS) is 16.0. The van der Waals surface area contributed by atoms with Crippen molar-refractivity contribution in [1.82, 2.24) is 9.80 Å². The lowest BCUT2D eigenvalue weighted by atomic mass is 9.92. The fraction of sp³-hybridized carbons (Fsp3) is 0.579. The molecule has 25 heavy (non-hydrogen) atoms. The second-order valence-electron chi connectivity index (χ2n) is 7.20. The average molecular weight is 346 g/mol. The van der Waals surface area contributed by atoms with Crippen molar-refractivity contribution in [3.8, 4) is 0 Å². The quantitative estimate of drug-likeness (QED) is 0.795. The van der Waals surface area contributed by atoms with E-state index in [0.717, 1.165) is 30.9 Å². The maximum atomic E-state index is 12.1. The van der Waals surface area contributed by atoms with Crippen LogP contribution in [0, 0.1) is 5.92 Å². The molecule has 0 radical (unpaired) electrons. The molecular formula is C19H30N4O2. The summed E-state index contributed by atoms with van der Waals surface area (Å²) in [6.07, 6.45) is 3.89. The lowest BCUT2D eigenvalue weighted by Gasteiger charge is -2.28. The molecule has 0 aliphatic carbocycles. The van der Waals surface area contributed by atoms with E-state index in [4.69, 9.17) is 0 Å². The Hall–Kier alpha value is -1.92. The number of carbonyl (C=O) groups excluding carboxylic acids is 2. The topological polar surface area (TPSA) is 64.7 Å². The second kappa shape index (κ2) is 9.53. The van der Waals surface area contributed by atoms with E-state index in [-0.39, 0.29) is 11.8 Å². The minimum absolute atomic E-state index is 0.0556. The van der Waals surface area contributed by atoms with E-state index in [0.29, 0.717) is 18.9 Å². The molecule has 2 amide bonds. The van der Waals surface area contributed by atoms with Crippen molar-refractivity contribution in [3.63, 3.8) is 0 Å². The van der Waals surface area contributed by atoms with Gasteiger partial charge in [0.05, 0.1) is 6.54 Å². The molecule has 1 saturated heterocycles. The number of piperidine rings is 1. The van der Waals surface area contributed by atoms with Gasteiger partial charge in [-0.1, -0.05) is 0 Å². The number of likely N-dealkylation sites (tertiary alicyclic amines) is 1. The van der Waals surface area contributed by atoms with Gasteiger partial charge in [-0.3, -0.25) is 9.59 Å². The fourth-order valence-corrected chi connectivity index (χ4v) is 3.03. The molecule has 0 saturated carbocycles. The lowest BCUT2D eigenvalue weighted by Crippen LogP contribution is -2.30. The molecule has 6 heteroatoms. The van der Waals surface area contributed by atoms with E-state index >= 15 is 0 Å². The van der Waals surface area contributed by atoms with Crippen LogP contribution in [-0.4, -0.2) is 62.4 Å². The molecule has 2 rings (SSSR count). The van der Waals surface area contributed by atoms with Crippen LogP contribution >= 0.6 is 0 Å². The first-order valence-electron chi connectivity index (χ1n) is 8.95. The summed E-state index contributed by atoms with van der Waals surface area (Å²) in [5.41, 5.74) is 1.50. The molecule has 1 heterocycles. The van der Waals surface area contributed by atoms with Gasteiger partial charge in [-0.25, -0.2) is 0 Å². The highest BCUT2D eigenvalue weighted by Crippen LogP contribution is 2.21. The van der Waals surface area contributed by atoms with Crippen LogP contribution in [0.4, 0.5) is 11.4 Å². The summed E-state index contributed by atoms with van der Waals surface area (Å²) >= 11 is 0. The Bertz CT molecular complexity index is 563. The Kier molecular flexibility index (Phi) is 7.40. The smallest absolute Gasteiger partial charge is 0.238 e. The third-order valence-electron chi connectivity index (χ3n) is 4.53. The predicted molar refractivity (Wildman–Crippen MR) is 102 cm³/mol. The summed E-state index contributed by atoms with van der Waals surface area (Å²) in [6.45, 7) is 2.61. The summed E-state index contributed by atoms with van der Waals surface area (Å²) in [5, 5.41) is 5.76. The number of amides is 2. The molecule has 0 atom stereocenters. The molecular weight excluding hydrogens is 316 g/mol. The Morgan fingerprint density at radius 3 is 2.08 bits per heavy atom. The van der Waals surface area contributed by atoms with Crippen LogP contribution < -0.4 is 10.6 Å². The number of likely N-dealkylation sites (N-methyl/N-ethyl adjacent to an activating group) is 1. The van der Waals surface area contributed by atoms with Gasteiger partial charge >= 0.3 is 0 Å². The van der Waals surface area contributed by atoms with Gasteiger partial charge < -0.3 is 20.4 Å². The van der Waals surface area contributed by atoms with Gasteiger partial charge in [-0.05, 0) is 83.7 Å². The number of rotatable bonds is 7. The van der Waals surface area contributed by atoms with Crippen LogP contribution in [0.1, 0.15) is 25.7 Å². The molecule has 6 nitrogen and oxygen atoms in total. The van der Waals surface area contributed by atoms with Crippen LogP contribution in [-0.2, 0) is 9.59 Å². The van der Waals surface area contributed by atoms with Crippen molar-refractivity contribution in [2.24, 2.45) is 5.92 Å². The monoisotopic (exact) mass is 346 g/mol. The van der Waals surface area contributed by atoms with Crippen LogP contribution in [0.3, 0.4) is 0 Å². The molecule has 1 aromatic carbocycles. The maximum absolute atomic E-state index is 12.1. The van der Waals surface area contributed by atoms with Crippen LogP contribution in [0.2, 0.25) is 0 Å². The number of nitrogens with zero attached hydrogens (tertiary/aromatic N) is 2. The maximum Gasteiger partial charge on any atom is 0.238 e. The van der Waals surface area contributed by atoms with E-state index in [1.165, 1.54) is 12.8 Å². The number of benzene rings is 1. The van der Waals surface area contributed by atoms with E-state index in [9.17, 15) is 9.59 Å². The molecule has 1 aliphatic heterocycles. The lowest BCUT2D eigenvalue weighted by molar-refractivity contribution is -0.117. The molecule has 1 aliphatic rings. The minimum atomic E-state index is -0.0556. The molecule has 0 bridgehead atoms. The number of anilines is 2. The van der Waals surface area contributed by atoms with Gasteiger partial charge in [-0.15, -0.1) is 0 Å². The number of carbonyl (C=O) groups is 2. The summed E-state index contributed by atoms with van der Waals surface area (Å²) in [5.74, 6) is 0.666. The molecule has 0 aromatic heterocycles. The number of hydrogen-bond donors (Lipinski definition) is 2. The van der Waals surface area contributed by atoms with Crippen molar-refractivity contribution < 1.29 is 9.59 Å². The zero-order valence-electron chi connectivity index (χ0n) is 15.5. The average Bonchev–Trinajstić information content (AvgIpc) is 2.55. The highest BCUT2D eigenvalue weighted by atomic mass is 16.2. The Morgan fingerprint density at radius 2 is 1.56 bits per heavy atom. The van der Waals surface area contributed by atoms with Gasteiger partial charge in [0.1, 0.15) is 0 Å². The molecule has 0 unspecified atom stereocenters. The minimum Gasteiger partial charge on any atom is -0.326 e. The third kappa shape index (κ3) is 7.23. The molecule has 2 N–H and O–H groups in total. The van der Waals surface area contributed by atoms with Crippen molar-refractivity contribution >= 4 is 23.2 Å². The van der Waals surface area contributed by atoms with Crippen molar-refractivity contribution in [3.05, 3.63) is 24.3 Å². The van der Waals surface area contributed by atoms with Crippen LogP contribution in [0.25, 0.3) is 0 Å². The molecule has 0 spiro atoms. The molecule has 138 valence electrons. The highest BCUT2D eigenvalue weighted by Gasteiger charge is 2.17. The van der Waals surface area contributed by atoms with Crippen LogP contribution in [0.5, 0.6) is 0 Å². The zero-order valence-corrected chi connectivity index (χ0v) is 15.5. The second-order valence-corrected chi connectivity index (χ2v) is 7.20. The fourth-order valence-electron chi connectivity index (χ4n) is 3.03. The number of nitrogens with one attached hydrogen (secondary N) is 2. The molecule has 1 aromatic rings. The van der Waals surface area contributed by atoms with Crippen LogP contribution in [0.15, 0.2) is 24.3 Å². The van der Waals surface area contributed by atoms with E-state index < -0.39 is 0 Å². The standard InChI is InChI=1S/C19H30N4O2/c1-22(2)14-19(25)21-17-7-5-16(6-8-17)20-18(24)9-4-15-10-12-23(3)13-11-15/h5-8,15H,4,9-14H2,1-3H3,(H,20,24)(H,21,25). The third-order valence-corrected chi connectivity index (χ3v) is 4.53. The van der Waals surface area contributed by atoms with E-state index in [1.807, 2.05) is 31.1 Å². The van der Waals surface area contributed by atoms with Gasteiger partial charge in [0.2, 0.25) is 11.8 Å². The highest BCUT2D eigenvalue weighted by molar-refractivity contribution is 5.93. The van der Waals surface area contributed by atoms with Crippen molar-refractivity contribution in [2.75, 3.05) is 51.4 Å². The summed E-state index contributed by atoms with van der Waals surface area (Å²) in [4.78, 5) is 28.0. The van der Waals surface area contributed by atoms with E-state index in [2.05, 4.69) is 22.6 Å². The van der Waals surface area contributed by atoms with Gasteiger partial charge in [-0.2, -0.15) is 0 Å². The Labute approximate surface area is 150 Å². The summed E-state index contributed by atoms with van der Waals surface area (Å²) in [6, 6.07) is 7.25. The Balaban J connectivity index is 1.72. The summed E-state index contributed by atoms with van der Waals surface area (Å²) in [7, 11) is 5.85. The van der Waals surface area contributed by atoms with Gasteiger partial charge in [0, 0.05) is 17.8 Å². The SMILES string of the molecule is CN(C)CC(=O)Nc1ccc(NC(=O)CCC2CCN(C)CC2)cc1. The summed E-state index contributed by atoms with van der Waals surface area (Å²) < 4.78 is 0. The first-order valence-corrected chi connectivity index (χ1v) is 8.95. The largest absolute Gasteiger partial charge is 0.326 e. The van der Waals surface area contributed by atoms with Gasteiger partial charge in [0.15, 0.2) is 0 Å². The predicted octanol–water partition coefficient (Wildman–Crippen LogP) is 2.25. The van der Waals surface area contributed by atoms with E-state index in [1.54, 1.807) is 12.1 Å². The van der Waals surface area contributed by atoms with Crippen molar-refractivity contribution in [2.45, 2.75) is 25.7 Å². The Morgan fingerprint density at radius 1 is 1.04 bits per heavy atom. The van der Waals surface area contributed by atoms with Gasteiger partial charge in [0.25, 0.3) is 0 Å². The first kappa shape index (κ1) is 19.4. The number of hydrogen-bond acceptors (Lipinski definition) is 4. The molecule has 1 fully saturated rings.